The minimum Gasteiger partial charge on any atom is -0.496 e. The predicted molar refractivity (Wildman–Crippen MR) is 94.2 cm³/mol. The second-order valence-electron chi connectivity index (χ2n) is 5.13. The number of hydrogen-bond acceptors (Lipinski definition) is 3. The van der Waals surface area contributed by atoms with E-state index in [1.165, 1.54) is 6.08 Å². The first kappa shape index (κ1) is 15.9. The number of methoxy groups -OCH3 is 1. The lowest BCUT2D eigenvalue weighted by molar-refractivity contribution is 0.104. The number of Topliss-reactive ketones (excluding diaryl/α,β-unsaturated/α-hetero) is 1. The lowest BCUT2D eigenvalue weighted by atomic mass is 10.0. The zero-order valence-corrected chi connectivity index (χ0v) is 13.6. The van der Waals surface area contributed by atoms with Crippen LogP contribution in [0.2, 0.25) is 5.02 Å². The van der Waals surface area contributed by atoms with Crippen LogP contribution in [0, 0.1) is 11.3 Å². The van der Waals surface area contributed by atoms with Gasteiger partial charge in [0, 0.05) is 33.2 Å². The minimum absolute atomic E-state index is 0.0374. The largest absolute Gasteiger partial charge is 0.496 e. The van der Waals surface area contributed by atoms with Crippen LogP contribution in [-0.4, -0.2) is 17.9 Å². The average Bonchev–Trinajstić information content (AvgIpc) is 3.02. The molecule has 0 aliphatic heterocycles. The van der Waals surface area contributed by atoms with E-state index in [0.29, 0.717) is 21.9 Å². The third-order valence-electron chi connectivity index (χ3n) is 3.69. The number of ketones is 1. The lowest BCUT2D eigenvalue weighted by Gasteiger charge is -2.04. The highest BCUT2D eigenvalue weighted by molar-refractivity contribution is 6.31. The van der Waals surface area contributed by atoms with Crippen molar-refractivity contribution in [1.29, 1.82) is 5.26 Å². The van der Waals surface area contributed by atoms with Gasteiger partial charge in [-0.1, -0.05) is 35.9 Å². The zero-order chi connectivity index (χ0) is 17.1. The third-order valence-corrected chi connectivity index (χ3v) is 3.93. The van der Waals surface area contributed by atoms with Crippen molar-refractivity contribution < 1.29 is 9.53 Å². The number of nitrogens with one attached hydrogen (secondary N) is 1. The van der Waals surface area contributed by atoms with Gasteiger partial charge in [-0.2, -0.15) is 5.26 Å². The number of ether oxygens (including phenoxy) is 1. The van der Waals surface area contributed by atoms with E-state index < -0.39 is 0 Å². The van der Waals surface area contributed by atoms with E-state index in [1.807, 2.05) is 18.2 Å². The van der Waals surface area contributed by atoms with Crippen LogP contribution in [0.3, 0.4) is 0 Å². The van der Waals surface area contributed by atoms with Gasteiger partial charge in [-0.05, 0) is 24.3 Å². The van der Waals surface area contributed by atoms with Gasteiger partial charge in [0.2, 0.25) is 5.78 Å². The maximum atomic E-state index is 12.8. The van der Waals surface area contributed by atoms with Crippen LogP contribution in [0.5, 0.6) is 5.75 Å². The monoisotopic (exact) mass is 336 g/mol. The van der Waals surface area contributed by atoms with E-state index in [2.05, 4.69) is 4.98 Å². The molecule has 0 saturated carbocycles. The Labute approximate surface area is 143 Å². The molecular weight excluding hydrogens is 324 g/mol. The van der Waals surface area contributed by atoms with Crippen molar-refractivity contribution in [2.24, 2.45) is 0 Å². The molecule has 0 saturated heterocycles. The molecule has 1 N–H and O–H groups in total. The molecule has 4 nitrogen and oxygen atoms in total. The summed E-state index contributed by atoms with van der Waals surface area (Å²) >= 11 is 5.96. The molecule has 24 heavy (non-hydrogen) atoms. The molecule has 1 heterocycles. The van der Waals surface area contributed by atoms with Gasteiger partial charge in [-0.15, -0.1) is 0 Å². The quantitative estimate of drug-likeness (QED) is 0.429. The molecule has 3 rings (SSSR count). The lowest BCUT2D eigenvalue weighted by Crippen LogP contribution is -2.01. The highest BCUT2D eigenvalue weighted by Gasteiger charge is 2.17. The van der Waals surface area contributed by atoms with Crippen LogP contribution in [0.15, 0.2) is 54.2 Å². The molecule has 118 valence electrons. The van der Waals surface area contributed by atoms with E-state index in [-0.39, 0.29) is 11.4 Å². The van der Waals surface area contributed by atoms with Crippen LogP contribution in [0.25, 0.3) is 17.0 Å². The van der Waals surface area contributed by atoms with E-state index in [9.17, 15) is 10.1 Å². The van der Waals surface area contributed by atoms with Gasteiger partial charge in [0.15, 0.2) is 0 Å². The van der Waals surface area contributed by atoms with Gasteiger partial charge >= 0.3 is 0 Å². The number of allylic oxidation sites excluding steroid dienone is 1. The van der Waals surface area contributed by atoms with Crippen molar-refractivity contribution in [3.63, 3.8) is 0 Å². The molecule has 0 spiro atoms. The van der Waals surface area contributed by atoms with Crippen LogP contribution < -0.4 is 4.74 Å². The second-order valence-corrected chi connectivity index (χ2v) is 5.57. The number of para-hydroxylation sites is 1. The zero-order valence-electron chi connectivity index (χ0n) is 12.8. The minimum atomic E-state index is -0.350. The Morgan fingerprint density at radius 1 is 1.29 bits per heavy atom. The Hall–Kier alpha value is -3.03. The molecule has 3 aromatic rings. The van der Waals surface area contributed by atoms with Crippen LogP contribution >= 0.6 is 11.6 Å². The molecule has 0 unspecified atom stereocenters. The molecule has 0 bridgehead atoms. The fourth-order valence-electron chi connectivity index (χ4n) is 2.52. The van der Waals surface area contributed by atoms with Gasteiger partial charge in [0.25, 0.3) is 0 Å². The standard InChI is InChI=1S/C19H13ClN2O2/c1-24-18-5-3-2-4-12(18)8-13(10-21)19(23)16-11-22-17-9-14(20)6-7-15(16)17/h2-9,11,22H,1H3. The summed E-state index contributed by atoms with van der Waals surface area (Å²) in [5, 5.41) is 10.7. The molecule has 0 aliphatic carbocycles. The van der Waals surface area contributed by atoms with Gasteiger partial charge < -0.3 is 9.72 Å². The van der Waals surface area contributed by atoms with Crippen molar-refractivity contribution in [2.45, 2.75) is 0 Å². The summed E-state index contributed by atoms with van der Waals surface area (Å²) in [7, 11) is 1.55. The number of nitriles is 1. The first-order valence-electron chi connectivity index (χ1n) is 7.20. The van der Waals surface area contributed by atoms with Crippen molar-refractivity contribution in [3.05, 3.63) is 70.4 Å². The number of rotatable bonds is 4. The Morgan fingerprint density at radius 2 is 2.08 bits per heavy atom. The Bertz CT molecular complexity index is 996. The number of halogens is 1. The smallest absolute Gasteiger partial charge is 0.205 e. The van der Waals surface area contributed by atoms with Gasteiger partial charge in [-0.25, -0.2) is 0 Å². The molecular formula is C19H13ClN2O2. The summed E-state index contributed by atoms with van der Waals surface area (Å²) in [6.45, 7) is 0. The summed E-state index contributed by atoms with van der Waals surface area (Å²) in [5.74, 6) is 0.251. The number of benzene rings is 2. The van der Waals surface area contributed by atoms with Crippen LogP contribution in [0.1, 0.15) is 15.9 Å². The first-order chi connectivity index (χ1) is 11.6. The highest BCUT2D eigenvalue weighted by atomic mass is 35.5. The van der Waals surface area contributed by atoms with E-state index in [0.717, 1.165) is 10.9 Å². The molecule has 0 fully saturated rings. The van der Waals surface area contributed by atoms with E-state index in [1.54, 1.807) is 43.6 Å². The summed E-state index contributed by atoms with van der Waals surface area (Å²) in [6.07, 6.45) is 3.13. The maximum Gasteiger partial charge on any atom is 0.205 e. The Balaban J connectivity index is 2.06. The number of aromatic nitrogens is 1. The van der Waals surface area contributed by atoms with Gasteiger partial charge in [0.05, 0.1) is 7.11 Å². The number of aromatic amines is 1. The van der Waals surface area contributed by atoms with Gasteiger partial charge in [-0.3, -0.25) is 4.79 Å². The third kappa shape index (κ3) is 2.90. The van der Waals surface area contributed by atoms with Crippen molar-refractivity contribution in [1.82, 2.24) is 4.98 Å². The normalized spacial score (nSPS) is 11.3. The topological polar surface area (TPSA) is 65.9 Å². The SMILES string of the molecule is COc1ccccc1C=C(C#N)C(=O)c1c[nH]c2cc(Cl)ccc12. The fourth-order valence-corrected chi connectivity index (χ4v) is 2.69. The molecule has 5 heteroatoms. The number of H-pyrrole nitrogens is 1. The van der Waals surface area contributed by atoms with Crippen molar-refractivity contribution in [3.8, 4) is 11.8 Å². The first-order valence-corrected chi connectivity index (χ1v) is 7.58. The van der Waals surface area contributed by atoms with Crippen molar-refractivity contribution >= 4 is 34.4 Å². The number of nitrogens with zero attached hydrogens (tertiary/aromatic N) is 1. The molecule has 1 aromatic heterocycles. The summed E-state index contributed by atoms with van der Waals surface area (Å²) < 4.78 is 5.26. The Morgan fingerprint density at radius 3 is 2.83 bits per heavy atom. The number of carbonyl (C=O) groups excluding carboxylic acids is 1. The average molecular weight is 337 g/mol. The maximum absolute atomic E-state index is 12.8. The number of carbonyl (C=O) groups is 1. The van der Waals surface area contributed by atoms with E-state index >= 15 is 0 Å². The summed E-state index contributed by atoms with van der Waals surface area (Å²) in [5.41, 5.74) is 1.90. The highest BCUT2D eigenvalue weighted by Crippen LogP contribution is 2.26. The van der Waals surface area contributed by atoms with Crippen molar-refractivity contribution in [2.75, 3.05) is 7.11 Å². The summed E-state index contributed by atoms with van der Waals surface area (Å²) in [6, 6.07) is 14.4. The number of hydrogen-bond donors (Lipinski definition) is 1. The molecule has 0 aliphatic rings. The number of fused-ring (bicyclic) bond motifs is 1. The molecule has 2 aromatic carbocycles. The predicted octanol–water partition coefficient (Wildman–Crippen LogP) is 4.62. The van der Waals surface area contributed by atoms with Gasteiger partial charge in [0.1, 0.15) is 17.4 Å². The molecule has 0 atom stereocenters. The summed E-state index contributed by atoms with van der Waals surface area (Å²) in [4.78, 5) is 15.8. The second kappa shape index (κ2) is 6.61. The Kier molecular flexibility index (Phi) is 4.37. The molecule has 0 radical (unpaired) electrons. The van der Waals surface area contributed by atoms with Crippen LogP contribution in [-0.2, 0) is 0 Å². The molecule has 0 amide bonds. The fraction of sp³-hybridized carbons (Fsp3) is 0.0526. The van der Waals surface area contributed by atoms with E-state index in [4.69, 9.17) is 16.3 Å². The van der Waals surface area contributed by atoms with Crippen LogP contribution in [0.4, 0.5) is 0 Å².